The van der Waals surface area contributed by atoms with Crippen molar-refractivity contribution in [2.75, 3.05) is 6.54 Å². The molecule has 2 unspecified atom stereocenters. The third-order valence-corrected chi connectivity index (χ3v) is 4.85. The highest BCUT2D eigenvalue weighted by atomic mass is 16.4. The minimum atomic E-state index is -0.823. The lowest BCUT2D eigenvalue weighted by Gasteiger charge is -2.37. The number of aliphatic carboxylic acids is 1. The summed E-state index contributed by atoms with van der Waals surface area (Å²) in [6, 6.07) is -0.0101. The first kappa shape index (κ1) is 15.1. The van der Waals surface area contributed by atoms with Crippen LogP contribution in [0.3, 0.4) is 0 Å². The van der Waals surface area contributed by atoms with E-state index >= 15 is 0 Å². The van der Waals surface area contributed by atoms with Gasteiger partial charge in [-0.2, -0.15) is 0 Å². The fourth-order valence-electron chi connectivity index (χ4n) is 3.51. The highest BCUT2D eigenvalue weighted by Gasteiger charge is 2.37. The van der Waals surface area contributed by atoms with Gasteiger partial charge in [-0.3, -0.25) is 4.79 Å². The van der Waals surface area contributed by atoms with E-state index in [2.05, 4.69) is 19.2 Å². The van der Waals surface area contributed by atoms with Crippen LogP contribution in [0.2, 0.25) is 0 Å². The summed E-state index contributed by atoms with van der Waals surface area (Å²) in [7, 11) is 0. The standard InChI is InChI=1S/C15H26N2O3/c1-15(2)8-5-7-12(15)16-14(20)17-9-4-3-6-11(17)10-13(18)19/h11-12H,3-10H2,1-2H3,(H,16,20)(H,18,19). The second-order valence-electron chi connectivity index (χ2n) is 6.82. The predicted molar refractivity (Wildman–Crippen MR) is 76.5 cm³/mol. The number of hydrogen-bond acceptors (Lipinski definition) is 2. The Morgan fingerprint density at radius 1 is 1.25 bits per heavy atom. The fraction of sp³-hybridized carbons (Fsp3) is 0.867. The molecule has 0 aromatic rings. The first-order valence-electron chi connectivity index (χ1n) is 7.69. The molecule has 0 aromatic heterocycles. The Kier molecular flexibility index (Phi) is 4.55. The van der Waals surface area contributed by atoms with Crippen molar-refractivity contribution in [2.45, 2.75) is 70.9 Å². The molecule has 0 bridgehead atoms. The van der Waals surface area contributed by atoms with Crippen molar-refractivity contribution < 1.29 is 14.7 Å². The van der Waals surface area contributed by atoms with Gasteiger partial charge in [0.15, 0.2) is 0 Å². The molecule has 1 aliphatic carbocycles. The molecule has 1 heterocycles. The zero-order chi connectivity index (χ0) is 14.8. The molecule has 0 spiro atoms. The molecule has 0 radical (unpaired) electrons. The van der Waals surface area contributed by atoms with Crippen molar-refractivity contribution in [1.82, 2.24) is 10.2 Å². The van der Waals surface area contributed by atoms with Gasteiger partial charge in [0.2, 0.25) is 0 Å². The van der Waals surface area contributed by atoms with Crippen molar-refractivity contribution in [3.63, 3.8) is 0 Å². The van der Waals surface area contributed by atoms with E-state index in [1.54, 1.807) is 4.90 Å². The Morgan fingerprint density at radius 3 is 2.60 bits per heavy atom. The number of piperidine rings is 1. The van der Waals surface area contributed by atoms with Crippen molar-refractivity contribution >= 4 is 12.0 Å². The van der Waals surface area contributed by atoms with Crippen LogP contribution in [0.5, 0.6) is 0 Å². The van der Waals surface area contributed by atoms with Crippen LogP contribution in [-0.4, -0.2) is 40.6 Å². The number of nitrogens with zero attached hydrogens (tertiary/aromatic N) is 1. The number of likely N-dealkylation sites (tertiary alicyclic amines) is 1. The van der Waals surface area contributed by atoms with E-state index in [0.29, 0.717) is 6.54 Å². The number of carbonyl (C=O) groups is 2. The summed E-state index contributed by atoms with van der Waals surface area (Å²) in [6.07, 6.45) is 6.15. The lowest BCUT2D eigenvalue weighted by atomic mass is 9.87. The van der Waals surface area contributed by atoms with Crippen molar-refractivity contribution in [2.24, 2.45) is 5.41 Å². The SMILES string of the molecule is CC1(C)CCCC1NC(=O)N1CCCCC1CC(=O)O. The van der Waals surface area contributed by atoms with E-state index in [1.807, 2.05) is 0 Å². The topological polar surface area (TPSA) is 69.6 Å². The molecule has 0 aromatic carbocycles. The number of carboxylic acid groups (broad SMARTS) is 1. The Morgan fingerprint density at radius 2 is 2.00 bits per heavy atom. The number of hydrogen-bond donors (Lipinski definition) is 2. The van der Waals surface area contributed by atoms with Gasteiger partial charge in [0, 0.05) is 18.6 Å². The number of rotatable bonds is 3. The van der Waals surface area contributed by atoms with Crippen LogP contribution in [0.25, 0.3) is 0 Å². The van der Waals surface area contributed by atoms with Gasteiger partial charge >= 0.3 is 12.0 Å². The Bertz CT molecular complexity index is 381. The van der Waals surface area contributed by atoms with Crippen molar-refractivity contribution in [3.8, 4) is 0 Å². The summed E-state index contributed by atoms with van der Waals surface area (Å²) in [4.78, 5) is 25.1. The molecule has 2 N–H and O–H groups in total. The average Bonchev–Trinajstić information content (AvgIpc) is 2.68. The summed E-state index contributed by atoms with van der Waals surface area (Å²) in [6.45, 7) is 5.06. The van der Waals surface area contributed by atoms with E-state index in [-0.39, 0.29) is 30.0 Å². The molecule has 20 heavy (non-hydrogen) atoms. The smallest absolute Gasteiger partial charge is 0.317 e. The number of amides is 2. The van der Waals surface area contributed by atoms with Gasteiger partial charge in [-0.15, -0.1) is 0 Å². The summed E-state index contributed by atoms with van der Waals surface area (Å²) in [5, 5.41) is 12.1. The predicted octanol–water partition coefficient (Wildman–Crippen LogP) is 2.60. The van der Waals surface area contributed by atoms with E-state index in [1.165, 1.54) is 0 Å². The van der Waals surface area contributed by atoms with Gasteiger partial charge in [0.25, 0.3) is 0 Å². The molecule has 2 fully saturated rings. The minimum absolute atomic E-state index is 0.0570. The molecule has 2 aliphatic rings. The molecular weight excluding hydrogens is 256 g/mol. The van der Waals surface area contributed by atoms with Crippen LogP contribution in [-0.2, 0) is 4.79 Å². The number of nitrogens with one attached hydrogen (secondary N) is 1. The molecule has 1 aliphatic heterocycles. The quantitative estimate of drug-likeness (QED) is 0.836. The lowest BCUT2D eigenvalue weighted by Crippen LogP contribution is -2.53. The Balaban J connectivity index is 1.97. The van der Waals surface area contributed by atoms with Crippen LogP contribution in [0, 0.1) is 5.41 Å². The number of urea groups is 1. The highest BCUT2D eigenvalue weighted by molar-refractivity contribution is 5.76. The lowest BCUT2D eigenvalue weighted by molar-refractivity contribution is -0.138. The van der Waals surface area contributed by atoms with Gasteiger partial charge in [-0.25, -0.2) is 4.79 Å². The highest BCUT2D eigenvalue weighted by Crippen LogP contribution is 2.37. The average molecular weight is 282 g/mol. The van der Waals surface area contributed by atoms with Crippen LogP contribution in [0.1, 0.15) is 58.8 Å². The van der Waals surface area contributed by atoms with Crippen LogP contribution in [0.4, 0.5) is 4.79 Å². The largest absolute Gasteiger partial charge is 0.481 e. The third-order valence-electron chi connectivity index (χ3n) is 4.85. The maximum absolute atomic E-state index is 12.5. The summed E-state index contributed by atoms with van der Waals surface area (Å²) < 4.78 is 0. The molecule has 2 atom stereocenters. The molecule has 1 saturated carbocycles. The maximum atomic E-state index is 12.5. The minimum Gasteiger partial charge on any atom is -0.481 e. The maximum Gasteiger partial charge on any atom is 0.317 e. The Hall–Kier alpha value is -1.26. The number of carbonyl (C=O) groups excluding carboxylic acids is 1. The Labute approximate surface area is 120 Å². The molecular formula is C15H26N2O3. The van der Waals surface area contributed by atoms with E-state index in [9.17, 15) is 9.59 Å². The van der Waals surface area contributed by atoms with Gasteiger partial charge in [-0.05, 0) is 37.5 Å². The second kappa shape index (κ2) is 6.02. The molecule has 114 valence electrons. The van der Waals surface area contributed by atoms with Crippen molar-refractivity contribution in [3.05, 3.63) is 0 Å². The van der Waals surface area contributed by atoms with Gasteiger partial charge in [0.1, 0.15) is 0 Å². The van der Waals surface area contributed by atoms with Crippen molar-refractivity contribution in [1.29, 1.82) is 0 Å². The second-order valence-corrected chi connectivity index (χ2v) is 6.82. The number of carboxylic acids is 1. The van der Waals surface area contributed by atoms with Gasteiger partial charge in [-0.1, -0.05) is 20.3 Å². The normalized spacial score (nSPS) is 29.2. The fourth-order valence-corrected chi connectivity index (χ4v) is 3.51. The summed E-state index contributed by atoms with van der Waals surface area (Å²) in [5.41, 5.74) is 0.147. The third kappa shape index (κ3) is 3.44. The molecule has 5 heteroatoms. The summed E-state index contributed by atoms with van der Waals surface area (Å²) in [5.74, 6) is -0.823. The first-order chi connectivity index (χ1) is 9.40. The zero-order valence-corrected chi connectivity index (χ0v) is 12.5. The van der Waals surface area contributed by atoms with E-state index in [0.717, 1.165) is 38.5 Å². The van der Waals surface area contributed by atoms with E-state index < -0.39 is 5.97 Å². The summed E-state index contributed by atoms with van der Waals surface area (Å²) >= 11 is 0. The monoisotopic (exact) mass is 282 g/mol. The first-order valence-corrected chi connectivity index (χ1v) is 7.69. The molecule has 1 saturated heterocycles. The van der Waals surface area contributed by atoms with Crippen LogP contribution in [0.15, 0.2) is 0 Å². The van der Waals surface area contributed by atoms with Gasteiger partial charge in [0.05, 0.1) is 6.42 Å². The molecule has 2 amide bonds. The van der Waals surface area contributed by atoms with Crippen LogP contribution < -0.4 is 5.32 Å². The molecule has 5 nitrogen and oxygen atoms in total. The zero-order valence-electron chi connectivity index (χ0n) is 12.5. The van der Waals surface area contributed by atoms with Gasteiger partial charge < -0.3 is 15.3 Å². The van der Waals surface area contributed by atoms with E-state index in [4.69, 9.17) is 5.11 Å². The van der Waals surface area contributed by atoms with Crippen LogP contribution >= 0.6 is 0 Å². The molecule has 2 rings (SSSR count).